The molecule has 0 bridgehead atoms. The molecule has 0 radical (unpaired) electrons. The number of benzene rings is 1. The molecule has 0 aromatic heterocycles. The Morgan fingerprint density at radius 3 is 1.92 bits per heavy atom. The Morgan fingerprint density at radius 2 is 1.50 bits per heavy atom. The Hall–Kier alpha value is 0.130. The van der Waals surface area contributed by atoms with Crippen LogP contribution >= 0.6 is 24.2 Å². The summed E-state index contributed by atoms with van der Waals surface area (Å²) in [5, 5.41) is 0. The molecule has 1 rings (SSSR count). The van der Waals surface area contributed by atoms with Crippen LogP contribution in [0.25, 0.3) is 0 Å². The second kappa shape index (κ2) is 4.99. The molecule has 0 aliphatic heterocycles. The smallest absolute Gasteiger partial charge is 0.0834 e. The van der Waals surface area contributed by atoms with Crippen molar-refractivity contribution in [3.05, 3.63) is 35.9 Å². The zero-order valence-electron chi connectivity index (χ0n) is 7.95. The molecule has 0 unspecified atom stereocenters. The number of hydrogen-bond donors (Lipinski definition) is 0. The van der Waals surface area contributed by atoms with E-state index in [-0.39, 0.29) is 17.0 Å². The summed E-state index contributed by atoms with van der Waals surface area (Å²) < 4.78 is 0. The summed E-state index contributed by atoms with van der Waals surface area (Å²) >= 11 is 0. The minimum absolute atomic E-state index is 0. The molecule has 0 aliphatic carbocycles. The molecule has 12 heavy (non-hydrogen) atoms. The standard InChI is InChI=1S/C10H16P.BrH/c1-11(2,3)9-10-7-5-4-6-8-10;/h4-8H,9H2,1-3H3;1H/q+1;. The second-order valence-corrected chi connectivity index (χ2v) is 8.83. The molecular formula is C10H17BrP+. The SMILES string of the molecule is Br.C[P+](C)(C)Cc1ccccc1. The molecule has 0 atom stereocenters. The van der Waals surface area contributed by atoms with Crippen LogP contribution in [-0.4, -0.2) is 20.0 Å². The van der Waals surface area contributed by atoms with Gasteiger partial charge in [0.05, 0.1) is 6.16 Å². The maximum absolute atomic E-state index is 2.38. The zero-order chi connectivity index (χ0) is 8.32. The fourth-order valence-electron chi connectivity index (χ4n) is 1.13. The molecule has 1 aromatic carbocycles. The fraction of sp³-hybridized carbons (Fsp3) is 0.400. The van der Waals surface area contributed by atoms with Gasteiger partial charge in [-0.1, -0.05) is 30.3 Å². The van der Waals surface area contributed by atoms with Gasteiger partial charge in [-0.05, 0) is 5.56 Å². The molecular weight excluding hydrogens is 231 g/mol. The van der Waals surface area contributed by atoms with E-state index in [4.69, 9.17) is 0 Å². The highest BCUT2D eigenvalue weighted by Crippen LogP contribution is 2.49. The zero-order valence-corrected chi connectivity index (χ0v) is 10.6. The van der Waals surface area contributed by atoms with Crippen molar-refractivity contribution in [3.8, 4) is 0 Å². The predicted molar refractivity (Wildman–Crippen MR) is 65.2 cm³/mol. The van der Waals surface area contributed by atoms with Crippen molar-refractivity contribution < 1.29 is 0 Å². The lowest BCUT2D eigenvalue weighted by atomic mass is 10.2. The van der Waals surface area contributed by atoms with Gasteiger partial charge in [0.15, 0.2) is 0 Å². The largest absolute Gasteiger partial charge is 0.114 e. The van der Waals surface area contributed by atoms with E-state index in [9.17, 15) is 0 Å². The molecule has 0 aliphatic rings. The summed E-state index contributed by atoms with van der Waals surface area (Å²) in [6.07, 6.45) is 1.27. The molecule has 68 valence electrons. The highest BCUT2D eigenvalue weighted by molar-refractivity contribution is 8.93. The second-order valence-electron chi connectivity index (χ2n) is 3.93. The lowest BCUT2D eigenvalue weighted by Gasteiger charge is -2.10. The van der Waals surface area contributed by atoms with Crippen molar-refractivity contribution in [2.45, 2.75) is 6.16 Å². The first-order valence-corrected chi connectivity index (χ1v) is 7.24. The van der Waals surface area contributed by atoms with Gasteiger partial charge >= 0.3 is 0 Å². The molecule has 2 heteroatoms. The Labute approximate surface area is 86.5 Å². The quantitative estimate of drug-likeness (QED) is 0.700. The van der Waals surface area contributed by atoms with E-state index in [1.54, 1.807) is 0 Å². The van der Waals surface area contributed by atoms with Crippen LogP contribution in [0.15, 0.2) is 30.3 Å². The molecule has 0 N–H and O–H groups in total. The fourth-order valence-corrected chi connectivity index (χ4v) is 2.44. The summed E-state index contributed by atoms with van der Waals surface area (Å²) in [5.41, 5.74) is 1.48. The third-order valence-corrected chi connectivity index (χ3v) is 2.81. The third kappa shape index (κ3) is 4.90. The minimum atomic E-state index is -0.638. The first-order chi connectivity index (χ1) is 5.08. The first-order valence-electron chi connectivity index (χ1n) is 3.92. The summed E-state index contributed by atoms with van der Waals surface area (Å²) in [6.45, 7) is 7.12. The van der Waals surface area contributed by atoms with Crippen molar-refractivity contribution in [1.29, 1.82) is 0 Å². The maximum atomic E-state index is 2.38. The number of rotatable bonds is 2. The average molecular weight is 248 g/mol. The van der Waals surface area contributed by atoms with Crippen LogP contribution in [-0.2, 0) is 6.16 Å². The van der Waals surface area contributed by atoms with Gasteiger partial charge < -0.3 is 0 Å². The van der Waals surface area contributed by atoms with Gasteiger partial charge in [-0.25, -0.2) is 0 Å². The molecule has 0 heterocycles. The number of halogens is 1. The van der Waals surface area contributed by atoms with Crippen molar-refractivity contribution >= 4 is 24.2 Å². The Kier molecular flexibility index (Phi) is 5.04. The normalized spacial score (nSPS) is 10.6. The van der Waals surface area contributed by atoms with Crippen LogP contribution in [0.3, 0.4) is 0 Å². The molecule has 0 saturated carbocycles. The van der Waals surface area contributed by atoms with Crippen molar-refractivity contribution in [2.24, 2.45) is 0 Å². The van der Waals surface area contributed by atoms with Crippen LogP contribution in [0, 0.1) is 0 Å². The molecule has 0 saturated heterocycles. The summed E-state index contributed by atoms with van der Waals surface area (Å²) in [4.78, 5) is 0. The topological polar surface area (TPSA) is 0 Å². The predicted octanol–water partition coefficient (Wildman–Crippen LogP) is 3.67. The molecule has 1 aromatic rings. The number of hydrogen-bond acceptors (Lipinski definition) is 0. The minimum Gasteiger partial charge on any atom is -0.114 e. The maximum Gasteiger partial charge on any atom is 0.0834 e. The Morgan fingerprint density at radius 1 is 1.00 bits per heavy atom. The molecule has 0 spiro atoms. The van der Waals surface area contributed by atoms with Crippen LogP contribution in [0.4, 0.5) is 0 Å². The van der Waals surface area contributed by atoms with Gasteiger partial charge in [0.2, 0.25) is 0 Å². The van der Waals surface area contributed by atoms with Gasteiger partial charge in [-0.3, -0.25) is 0 Å². The summed E-state index contributed by atoms with van der Waals surface area (Å²) in [5.74, 6) is 0. The van der Waals surface area contributed by atoms with E-state index in [2.05, 4.69) is 50.3 Å². The highest BCUT2D eigenvalue weighted by Gasteiger charge is 2.16. The highest BCUT2D eigenvalue weighted by atomic mass is 79.9. The van der Waals surface area contributed by atoms with E-state index in [0.717, 1.165) is 0 Å². The Balaban J connectivity index is 0.00000121. The Bertz CT molecular complexity index is 213. The van der Waals surface area contributed by atoms with Gasteiger partial charge in [-0.15, -0.1) is 17.0 Å². The monoisotopic (exact) mass is 247 g/mol. The van der Waals surface area contributed by atoms with Gasteiger partial charge in [0.1, 0.15) is 0 Å². The van der Waals surface area contributed by atoms with Crippen LogP contribution in [0.1, 0.15) is 5.56 Å². The van der Waals surface area contributed by atoms with Crippen LogP contribution in [0.5, 0.6) is 0 Å². The van der Waals surface area contributed by atoms with E-state index >= 15 is 0 Å². The van der Waals surface area contributed by atoms with Crippen LogP contribution < -0.4 is 0 Å². The van der Waals surface area contributed by atoms with E-state index in [1.807, 2.05) is 0 Å². The lowest BCUT2D eigenvalue weighted by molar-refractivity contribution is 1.38. The van der Waals surface area contributed by atoms with Gasteiger partial charge in [0, 0.05) is 27.3 Å². The van der Waals surface area contributed by atoms with Crippen molar-refractivity contribution in [1.82, 2.24) is 0 Å². The van der Waals surface area contributed by atoms with Crippen molar-refractivity contribution in [3.63, 3.8) is 0 Å². The van der Waals surface area contributed by atoms with Crippen molar-refractivity contribution in [2.75, 3.05) is 20.0 Å². The molecule has 0 fully saturated rings. The van der Waals surface area contributed by atoms with E-state index in [0.29, 0.717) is 0 Å². The third-order valence-electron chi connectivity index (χ3n) is 1.50. The summed E-state index contributed by atoms with van der Waals surface area (Å²) in [6, 6.07) is 10.7. The average Bonchev–Trinajstić information content (AvgIpc) is 1.85. The van der Waals surface area contributed by atoms with Gasteiger partial charge in [0.25, 0.3) is 0 Å². The molecule has 0 amide bonds. The van der Waals surface area contributed by atoms with E-state index in [1.165, 1.54) is 11.7 Å². The first kappa shape index (κ1) is 12.1. The van der Waals surface area contributed by atoms with Gasteiger partial charge in [-0.2, -0.15) is 0 Å². The molecule has 0 nitrogen and oxygen atoms in total. The summed E-state index contributed by atoms with van der Waals surface area (Å²) in [7, 11) is -0.638. The lowest BCUT2D eigenvalue weighted by Crippen LogP contribution is -1.90. The van der Waals surface area contributed by atoms with Crippen LogP contribution in [0.2, 0.25) is 0 Å². The van der Waals surface area contributed by atoms with E-state index < -0.39 is 7.26 Å².